The molecule has 1 spiro atoms. The molecular weight excluding hydrogens is 382 g/mol. The number of nitrogens with one attached hydrogen (secondary N) is 1. The molecule has 0 bridgehead atoms. The first-order valence-corrected chi connectivity index (χ1v) is 10.8. The highest BCUT2D eigenvalue weighted by molar-refractivity contribution is 7.89. The maximum Gasteiger partial charge on any atom is 0.317 e. The molecule has 154 valence electrons. The van der Waals surface area contributed by atoms with E-state index < -0.39 is 15.4 Å². The van der Waals surface area contributed by atoms with Gasteiger partial charge in [-0.2, -0.15) is 4.31 Å². The molecule has 0 aromatic carbocycles. The van der Waals surface area contributed by atoms with Gasteiger partial charge in [0.2, 0.25) is 15.9 Å². The Morgan fingerprint density at radius 3 is 2.57 bits per heavy atom. The van der Waals surface area contributed by atoms with Gasteiger partial charge in [0, 0.05) is 70.0 Å². The van der Waals surface area contributed by atoms with E-state index in [1.807, 2.05) is 13.8 Å². The summed E-state index contributed by atoms with van der Waals surface area (Å²) in [6.07, 6.45) is 3.06. The van der Waals surface area contributed by atoms with E-state index in [1.54, 1.807) is 22.9 Å². The number of amides is 3. The molecule has 2 aliphatic rings. The molecule has 0 saturated carbocycles. The number of carbonyl (C=O) groups excluding carboxylic acids is 2. The summed E-state index contributed by atoms with van der Waals surface area (Å²) in [7, 11) is -2.06. The Morgan fingerprint density at radius 2 is 2.00 bits per heavy atom. The van der Waals surface area contributed by atoms with Crippen LogP contribution < -0.4 is 5.32 Å². The molecule has 0 aliphatic carbocycles. The van der Waals surface area contributed by atoms with Crippen LogP contribution >= 0.6 is 0 Å². The van der Waals surface area contributed by atoms with E-state index >= 15 is 0 Å². The number of pyridine rings is 1. The molecule has 2 saturated heterocycles. The highest BCUT2D eigenvalue weighted by Gasteiger charge is 2.48. The third-order valence-corrected chi connectivity index (χ3v) is 6.98. The average Bonchev–Trinajstić information content (AvgIpc) is 2.79. The van der Waals surface area contributed by atoms with Crippen LogP contribution in [-0.4, -0.2) is 85.3 Å². The lowest BCUT2D eigenvalue weighted by Crippen LogP contribution is -2.49. The van der Waals surface area contributed by atoms with Crippen LogP contribution in [0.2, 0.25) is 0 Å². The van der Waals surface area contributed by atoms with Crippen molar-refractivity contribution in [3.8, 4) is 0 Å². The van der Waals surface area contributed by atoms with Gasteiger partial charge in [-0.1, -0.05) is 0 Å². The molecule has 2 aliphatic heterocycles. The minimum Gasteiger partial charge on any atom is -0.345 e. The van der Waals surface area contributed by atoms with Crippen molar-refractivity contribution in [2.45, 2.75) is 31.2 Å². The van der Waals surface area contributed by atoms with Crippen LogP contribution in [0.25, 0.3) is 0 Å². The van der Waals surface area contributed by atoms with Gasteiger partial charge in [0.1, 0.15) is 4.90 Å². The lowest BCUT2D eigenvalue weighted by molar-refractivity contribution is -0.126. The van der Waals surface area contributed by atoms with Gasteiger partial charge >= 0.3 is 6.03 Å². The van der Waals surface area contributed by atoms with E-state index in [0.29, 0.717) is 13.1 Å². The molecular formula is C18H27N5O4S. The van der Waals surface area contributed by atoms with Crippen molar-refractivity contribution < 1.29 is 18.0 Å². The SMILES string of the molecule is CC(C)NC(=O)N1CCN(S(=O)(=O)c2cccnc2)CC2(CC(=O)N(C)C2)C1. The lowest BCUT2D eigenvalue weighted by atomic mass is 9.86. The second-order valence-electron chi connectivity index (χ2n) is 7.98. The van der Waals surface area contributed by atoms with Crippen LogP contribution in [0.1, 0.15) is 20.3 Å². The Balaban J connectivity index is 1.93. The molecule has 1 aromatic heterocycles. The smallest absolute Gasteiger partial charge is 0.317 e. The predicted molar refractivity (Wildman–Crippen MR) is 103 cm³/mol. The topological polar surface area (TPSA) is 103 Å². The quantitative estimate of drug-likeness (QED) is 0.776. The minimum absolute atomic E-state index is 0.0326. The van der Waals surface area contributed by atoms with Crippen molar-refractivity contribution in [3.63, 3.8) is 0 Å². The Morgan fingerprint density at radius 1 is 1.25 bits per heavy atom. The summed E-state index contributed by atoms with van der Waals surface area (Å²) in [5.41, 5.74) is -0.633. The highest BCUT2D eigenvalue weighted by atomic mass is 32.2. The predicted octanol–water partition coefficient (Wildman–Crippen LogP) is 0.354. The zero-order valence-corrected chi connectivity index (χ0v) is 17.3. The molecule has 10 heteroatoms. The summed E-state index contributed by atoms with van der Waals surface area (Å²) in [6, 6.07) is 2.82. The van der Waals surface area contributed by atoms with Gasteiger partial charge in [-0.3, -0.25) is 9.78 Å². The Labute approximate surface area is 165 Å². The molecule has 9 nitrogen and oxygen atoms in total. The Hall–Kier alpha value is -2.20. The molecule has 1 N–H and O–H groups in total. The molecule has 1 aromatic rings. The van der Waals surface area contributed by atoms with E-state index in [1.165, 1.54) is 22.8 Å². The molecule has 2 fully saturated rings. The van der Waals surface area contributed by atoms with Gasteiger partial charge in [0.25, 0.3) is 0 Å². The van der Waals surface area contributed by atoms with Crippen molar-refractivity contribution in [1.29, 1.82) is 0 Å². The third kappa shape index (κ3) is 4.12. The Bertz CT molecular complexity index is 845. The van der Waals surface area contributed by atoms with Gasteiger partial charge in [-0.25, -0.2) is 13.2 Å². The van der Waals surface area contributed by atoms with Crippen LogP contribution in [-0.2, 0) is 14.8 Å². The van der Waals surface area contributed by atoms with Crippen LogP contribution in [0, 0.1) is 5.41 Å². The van der Waals surface area contributed by atoms with Gasteiger partial charge in [0.15, 0.2) is 0 Å². The zero-order chi connectivity index (χ0) is 20.5. The van der Waals surface area contributed by atoms with Crippen LogP contribution in [0.3, 0.4) is 0 Å². The maximum absolute atomic E-state index is 13.2. The summed E-state index contributed by atoms with van der Waals surface area (Å²) in [6.45, 7) is 5.11. The van der Waals surface area contributed by atoms with Gasteiger partial charge < -0.3 is 15.1 Å². The molecule has 3 amide bonds. The second kappa shape index (κ2) is 7.67. The molecule has 28 heavy (non-hydrogen) atoms. The average molecular weight is 410 g/mol. The van der Waals surface area contributed by atoms with Crippen LogP contribution in [0.5, 0.6) is 0 Å². The molecule has 1 atom stereocenters. The zero-order valence-electron chi connectivity index (χ0n) is 16.5. The highest BCUT2D eigenvalue weighted by Crippen LogP contribution is 2.36. The largest absolute Gasteiger partial charge is 0.345 e. The van der Waals surface area contributed by atoms with Crippen molar-refractivity contribution >= 4 is 22.0 Å². The second-order valence-corrected chi connectivity index (χ2v) is 9.92. The number of urea groups is 1. The lowest BCUT2D eigenvalue weighted by Gasteiger charge is -2.33. The van der Waals surface area contributed by atoms with Gasteiger partial charge in [-0.15, -0.1) is 0 Å². The molecule has 1 unspecified atom stereocenters. The summed E-state index contributed by atoms with van der Waals surface area (Å²) in [4.78, 5) is 32.2. The number of nitrogens with zero attached hydrogens (tertiary/aromatic N) is 4. The fourth-order valence-corrected chi connectivity index (χ4v) is 5.41. The monoisotopic (exact) mass is 409 g/mol. The van der Waals surface area contributed by atoms with Crippen LogP contribution in [0.15, 0.2) is 29.4 Å². The fourth-order valence-electron chi connectivity index (χ4n) is 3.90. The van der Waals surface area contributed by atoms with Crippen molar-refractivity contribution in [3.05, 3.63) is 24.5 Å². The van der Waals surface area contributed by atoms with E-state index in [2.05, 4.69) is 10.3 Å². The van der Waals surface area contributed by atoms with Crippen molar-refractivity contribution in [1.82, 2.24) is 24.4 Å². The first-order valence-electron chi connectivity index (χ1n) is 9.33. The maximum atomic E-state index is 13.2. The number of carbonyl (C=O) groups is 2. The standard InChI is InChI=1S/C18H27N5O4S/c1-14(2)20-17(25)22-7-8-23(28(26,27)15-5-4-6-19-10-15)13-18(12-22)9-16(24)21(3)11-18/h4-6,10,14H,7-9,11-13H2,1-3H3,(H,20,25). The number of rotatable bonds is 3. The number of aromatic nitrogens is 1. The first-order chi connectivity index (χ1) is 13.1. The summed E-state index contributed by atoms with van der Waals surface area (Å²) >= 11 is 0. The number of hydrogen-bond acceptors (Lipinski definition) is 5. The first kappa shape index (κ1) is 20.5. The number of sulfonamides is 1. The third-order valence-electron chi connectivity index (χ3n) is 5.15. The van der Waals surface area contributed by atoms with E-state index in [0.717, 1.165) is 0 Å². The van der Waals surface area contributed by atoms with Crippen LogP contribution in [0.4, 0.5) is 4.79 Å². The number of likely N-dealkylation sites (tertiary alicyclic amines) is 1. The molecule has 3 heterocycles. The van der Waals surface area contributed by atoms with Gasteiger partial charge in [-0.05, 0) is 26.0 Å². The Kier molecular flexibility index (Phi) is 5.62. The summed E-state index contributed by atoms with van der Waals surface area (Å²) in [5, 5.41) is 2.86. The van der Waals surface area contributed by atoms with Gasteiger partial charge in [0.05, 0.1) is 0 Å². The normalized spacial score (nSPS) is 24.1. The van der Waals surface area contributed by atoms with E-state index in [4.69, 9.17) is 0 Å². The van der Waals surface area contributed by atoms with Crippen molar-refractivity contribution in [2.75, 3.05) is 39.8 Å². The minimum atomic E-state index is -3.77. The fraction of sp³-hybridized carbons (Fsp3) is 0.611. The molecule has 0 radical (unpaired) electrons. The summed E-state index contributed by atoms with van der Waals surface area (Å²) < 4.78 is 27.7. The summed E-state index contributed by atoms with van der Waals surface area (Å²) in [5.74, 6) is -0.0372. The van der Waals surface area contributed by atoms with Crippen molar-refractivity contribution in [2.24, 2.45) is 5.41 Å². The van der Waals surface area contributed by atoms with E-state index in [-0.39, 0.29) is 48.9 Å². The molecule has 3 rings (SSSR count). The van der Waals surface area contributed by atoms with E-state index in [9.17, 15) is 18.0 Å². The number of hydrogen-bond donors (Lipinski definition) is 1.